The van der Waals surface area contributed by atoms with E-state index < -0.39 is 15.9 Å². The number of nitrogens with zero attached hydrogens (tertiary/aromatic N) is 2. The lowest BCUT2D eigenvalue weighted by Gasteiger charge is -2.11. The second-order valence-electron chi connectivity index (χ2n) is 6.56. The Hall–Kier alpha value is -3.30. The Kier molecular flexibility index (Phi) is 6.43. The largest absolute Gasteiger partial charge is 0.321 e. The predicted octanol–water partition coefficient (Wildman–Crippen LogP) is 2.27. The van der Waals surface area contributed by atoms with Gasteiger partial charge in [0.25, 0.3) is 11.5 Å². The molecule has 0 spiro atoms. The summed E-state index contributed by atoms with van der Waals surface area (Å²) >= 11 is 0. The average Bonchev–Trinajstić information content (AvgIpc) is 2.74. The fourth-order valence-electron chi connectivity index (χ4n) is 2.95. The number of nitrogens with one attached hydrogen (secondary N) is 2. The van der Waals surface area contributed by atoms with Crippen LogP contribution in [0.2, 0.25) is 0 Å². The molecule has 1 heterocycles. The molecule has 3 rings (SSSR count). The lowest BCUT2D eigenvalue weighted by atomic mass is 10.1. The summed E-state index contributed by atoms with van der Waals surface area (Å²) in [5.41, 5.74) is 0.959. The summed E-state index contributed by atoms with van der Waals surface area (Å²) in [4.78, 5) is 25.3. The molecule has 0 fully saturated rings. The predicted molar refractivity (Wildman–Crippen MR) is 117 cm³/mol. The van der Waals surface area contributed by atoms with Gasteiger partial charge >= 0.3 is 0 Å². The summed E-state index contributed by atoms with van der Waals surface area (Å²) < 4.78 is 27.6. The highest BCUT2D eigenvalue weighted by molar-refractivity contribution is 7.88. The zero-order chi connectivity index (χ0) is 21.7. The molecule has 156 valence electrons. The molecular formula is C21H22N4O4S. The van der Waals surface area contributed by atoms with Crippen molar-refractivity contribution in [3.63, 3.8) is 0 Å². The van der Waals surface area contributed by atoms with E-state index in [1.54, 1.807) is 55.5 Å². The maximum absolute atomic E-state index is 12.8. The van der Waals surface area contributed by atoms with Crippen LogP contribution in [0.4, 0.5) is 5.69 Å². The minimum absolute atomic E-state index is 0.146. The SMILES string of the molecule is C=CCNS(=O)(=O)Cc1ccc(NC(=O)c2nn(CC)c(=O)c3ccccc23)cc1. The van der Waals surface area contributed by atoms with Crippen molar-refractivity contribution in [3.8, 4) is 0 Å². The minimum atomic E-state index is -3.46. The molecule has 0 radical (unpaired) electrons. The second-order valence-corrected chi connectivity index (χ2v) is 8.37. The van der Waals surface area contributed by atoms with Crippen molar-refractivity contribution in [1.29, 1.82) is 0 Å². The lowest BCUT2D eigenvalue weighted by molar-refractivity contribution is 0.102. The molecule has 30 heavy (non-hydrogen) atoms. The molecule has 0 bridgehead atoms. The fraction of sp³-hybridized carbons (Fsp3) is 0.190. The fourth-order valence-corrected chi connectivity index (χ4v) is 4.05. The number of amides is 1. The maximum atomic E-state index is 12.8. The Morgan fingerprint density at radius 2 is 1.80 bits per heavy atom. The molecule has 0 saturated heterocycles. The van der Waals surface area contributed by atoms with E-state index in [1.165, 1.54) is 10.8 Å². The number of hydrogen-bond donors (Lipinski definition) is 2. The van der Waals surface area contributed by atoms with E-state index in [-0.39, 0.29) is 23.6 Å². The number of aryl methyl sites for hydroxylation is 1. The smallest absolute Gasteiger partial charge is 0.276 e. The molecule has 1 amide bonds. The standard InChI is InChI=1S/C21H22N4O4S/c1-3-13-22-30(28,29)14-15-9-11-16(12-10-15)23-20(26)19-17-7-5-6-8-18(17)21(27)25(4-2)24-19/h3,5-12,22H,1,4,13-14H2,2H3,(H,23,26). The first-order chi connectivity index (χ1) is 14.3. The van der Waals surface area contributed by atoms with E-state index >= 15 is 0 Å². The van der Waals surface area contributed by atoms with Gasteiger partial charge in [0, 0.05) is 24.2 Å². The Balaban J connectivity index is 1.82. The Labute approximate surface area is 174 Å². The Bertz CT molecular complexity index is 1250. The number of hydrogen-bond acceptors (Lipinski definition) is 5. The van der Waals surface area contributed by atoms with Crippen LogP contribution in [0.5, 0.6) is 0 Å². The van der Waals surface area contributed by atoms with E-state index in [0.717, 1.165) is 0 Å². The molecule has 0 atom stereocenters. The monoisotopic (exact) mass is 426 g/mol. The summed E-state index contributed by atoms with van der Waals surface area (Å²) in [7, 11) is -3.46. The number of rotatable bonds is 8. The van der Waals surface area contributed by atoms with Gasteiger partial charge in [-0.15, -0.1) is 6.58 Å². The van der Waals surface area contributed by atoms with E-state index in [9.17, 15) is 18.0 Å². The molecule has 0 aliphatic heterocycles. The second kappa shape index (κ2) is 9.02. The van der Waals surface area contributed by atoms with Crippen molar-refractivity contribution in [2.24, 2.45) is 0 Å². The van der Waals surface area contributed by atoms with Crippen molar-refractivity contribution in [1.82, 2.24) is 14.5 Å². The van der Waals surface area contributed by atoms with Gasteiger partial charge in [0.1, 0.15) is 0 Å². The van der Waals surface area contributed by atoms with Gasteiger partial charge in [0.05, 0.1) is 11.1 Å². The number of carbonyl (C=O) groups is 1. The summed E-state index contributed by atoms with van der Waals surface area (Å²) in [6.45, 7) is 5.76. The quantitative estimate of drug-likeness (QED) is 0.537. The third kappa shape index (κ3) is 4.81. The van der Waals surface area contributed by atoms with Crippen molar-refractivity contribution in [2.45, 2.75) is 19.2 Å². The highest BCUT2D eigenvalue weighted by Gasteiger charge is 2.17. The van der Waals surface area contributed by atoms with Gasteiger partial charge in [0.15, 0.2) is 5.69 Å². The van der Waals surface area contributed by atoms with Crippen LogP contribution in [0.1, 0.15) is 23.0 Å². The van der Waals surface area contributed by atoms with Crippen LogP contribution in [0.3, 0.4) is 0 Å². The van der Waals surface area contributed by atoms with E-state index in [1.807, 2.05) is 0 Å². The zero-order valence-electron chi connectivity index (χ0n) is 16.5. The van der Waals surface area contributed by atoms with Crippen molar-refractivity contribution < 1.29 is 13.2 Å². The summed E-state index contributed by atoms with van der Waals surface area (Å²) in [6, 6.07) is 13.3. The molecular weight excluding hydrogens is 404 g/mol. The van der Waals surface area contributed by atoms with Crippen LogP contribution in [-0.2, 0) is 22.3 Å². The summed E-state index contributed by atoms with van der Waals surface area (Å²) in [5, 5.41) is 7.85. The normalized spacial score (nSPS) is 11.4. The topological polar surface area (TPSA) is 110 Å². The Morgan fingerprint density at radius 3 is 2.43 bits per heavy atom. The number of anilines is 1. The van der Waals surface area contributed by atoms with E-state index in [2.05, 4.69) is 21.7 Å². The van der Waals surface area contributed by atoms with Crippen LogP contribution >= 0.6 is 0 Å². The first-order valence-corrected chi connectivity index (χ1v) is 11.0. The van der Waals surface area contributed by atoms with Crippen LogP contribution in [-0.4, -0.2) is 30.7 Å². The van der Waals surface area contributed by atoms with Crippen molar-refractivity contribution in [3.05, 3.63) is 82.8 Å². The molecule has 0 aliphatic rings. The third-order valence-electron chi connectivity index (χ3n) is 4.40. The van der Waals surface area contributed by atoms with Gasteiger partial charge in [-0.3, -0.25) is 9.59 Å². The third-order valence-corrected chi connectivity index (χ3v) is 5.72. The van der Waals surface area contributed by atoms with Crippen LogP contribution < -0.4 is 15.6 Å². The van der Waals surface area contributed by atoms with Gasteiger partial charge in [-0.1, -0.05) is 36.4 Å². The highest BCUT2D eigenvalue weighted by atomic mass is 32.2. The van der Waals surface area contributed by atoms with Crippen LogP contribution in [0.25, 0.3) is 10.8 Å². The Morgan fingerprint density at radius 1 is 1.13 bits per heavy atom. The number of benzene rings is 2. The molecule has 2 N–H and O–H groups in total. The lowest BCUT2D eigenvalue weighted by Crippen LogP contribution is -2.27. The average molecular weight is 426 g/mol. The van der Waals surface area contributed by atoms with Crippen LogP contribution in [0, 0.1) is 0 Å². The first kappa shape index (κ1) is 21.4. The molecule has 9 heteroatoms. The van der Waals surface area contributed by atoms with Crippen molar-refractivity contribution >= 4 is 32.4 Å². The molecule has 0 aliphatic carbocycles. The van der Waals surface area contributed by atoms with Gasteiger partial charge in [-0.25, -0.2) is 17.8 Å². The number of carbonyl (C=O) groups excluding carboxylic acids is 1. The van der Waals surface area contributed by atoms with Gasteiger partial charge < -0.3 is 5.32 Å². The number of sulfonamides is 1. The van der Waals surface area contributed by atoms with Crippen LogP contribution in [0.15, 0.2) is 66.0 Å². The number of fused-ring (bicyclic) bond motifs is 1. The highest BCUT2D eigenvalue weighted by Crippen LogP contribution is 2.17. The molecule has 0 unspecified atom stereocenters. The maximum Gasteiger partial charge on any atom is 0.276 e. The molecule has 8 nitrogen and oxygen atoms in total. The van der Waals surface area contributed by atoms with Gasteiger partial charge in [-0.05, 0) is 30.7 Å². The first-order valence-electron chi connectivity index (χ1n) is 9.33. The van der Waals surface area contributed by atoms with Crippen molar-refractivity contribution in [2.75, 3.05) is 11.9 Å². The van der Waals surface area contributed by atoms with E-state index in [4.69, 9.17) is 0 Å². The molecule has 2 aromatic carbocycles. The van der Waals surface area contributed by atoms with E-state index in [0.29, 0.717) is 28.6 Å². The molecule has 1 aromatic heterocycles. The molecule has 0 saturated carbocycles. The summed E-state index contributed by atoms with van der Waals surface area (Å²) in [5.74, 6) is -0.635. The van der Waals surface area contributed by atoms with Gasteiger partial charge in [-0.2, -0.15) is 5.10 Å². The summed E-state index contributed by atoms with van der Waals surface area (Å²) in [6.07, 6.45) is 1.47. The minimum Gasteiger partial charge on any atom is -0.321 e. The molecule has 3 aromatic rings. The number of aromatic nitrogens is 2. The zero-order valence-corrected chi connectivity index (χ0v) is 17.3. The van der Waals surface area contributed by atoms with Gasteiger partial charge in [0.2, 0.25) is 10.0 Å².